The van der Waals surface area contributed by atoms with Gasteiger partial charge >= 0.3 is 0 Å². The topological polar surface area (TPSA) is 168 Å². The quantitative estimate of drug-likeness (QED) is 0.254. The molecule has 4 aliphatic rings. The molecule has 0 bridgehead atoms. The minimum Gasteiger partial charge on any atom is -0.309 e. The lowest BCUT2D eigenvalue weighted by molar-refractivity contribution is -0.143. The van der Waals surface area contributed by atoms with Crippen molar-refractivity contribution in [3.8, 4) is 22.3 Å². The summed E-state index contributed by atoms with van der Waals surface area (Å²) >= 11 is 0. The van der Waals surface area contributed by atoms with Crippen LogP contribution in [-0.4, -0.2) is 67.2 Å². The van der Waals surface area contributed by atoms with Gasteiger partial charge in [0.1, 0.15) is 23.7 Å². The molecule has 12 heteroatoms. The van der Waals surface area contributed by atoms with Gasteiger partial charge in [0.2, 0.25) is 11.8 Å². The first kappa shape index (κ1) is 32.6. The van der Waals surface area contributed by atoms with Gasteiger partial charge in [-0.05, 0) is 82.0 Å². The number of likely N-dealkylation sites (N-methyl/N-ethyl adjacent to an activating group) is 2. The molecule has 6 N–H and O–H groups in total. The fourth-order valence-corrected chi connectivity index (χ4v) is 9.42. The van der Waals surface area contributed by atoms with Crippen molar-refractivity contribution in [2.24, 2.45) is 22.3 Å². The summed E-state index contributed by atoms with van der Waals surface area (Å²) in [6.07, 6.45) is 12.5. The van der Waals surface area contributed by atoms with E-state index in [1.807, 2.05) is 24.3 Å². The van der Waals surface area contributed by atoms with Gasteiger partial charge in [-0.25, -0.2) is 19.9 Å². The Balaban J connectivity index is 1.26. The second-order valence-corrected chi connectivity index (χ2v) is 16.4. The fourth-order valence-electron chi connectivity index (χ4n) is 9.42. The number of nitrogens with two attached hydrogens (primary N) is 2. The summed E-state index contributed by atoms with van der Waals surface area (Å²) < 4.78 is 0. The van der Waals surface area contributed by atoms with Crippen molar-refractivity contribution in [3.63, 3.8) is 0 Å². The molecule has 4 aromatic rings. The lowest BCUT2D eigenvalue weighted by Crippen LogP contribution is -2.85. The van der Waals surface area contributed by atoms with Crippen molar-refractivity contribution in [1.29, 1.82) is 0 Å². The smallest absolute Gasteiger partial charge is 0.250 e. The van der Waals surface area contributed by atoms with E-state index < -0.39 is 22.7 Å². The Morgan fingerprint density at radius 3 is 1.32 bits per heavy atom. The summed E-state index contributed by atoms with van der Waals surface area (Å²) in [5.41, 5.74) is 19.2. The predicted molar refractivity (Wildman–Crippen MR) is 188 cm³/mol. The third-order valence-electron chi connectivity index (χ3n) is 11.5. The number of nitrogens with one attached hydrogen (secondary N) is 2. The minimum atomic E-state index is -1.72. The predicted octanol–water partition coefficient (Wildman–Crippen LogP) is 2.98. The third kappa shape index (κ3) is 4.45. The van der Waals surface area contributed by atoms with Gasteiger partial charge in [-0.2, -0.15) is 0 Å². The van der Waals surface area contributed by atoms with E-state index in [9.17, 15) is 9.59 Å². The highest BCUT2D eigenvalue weighted by atomic mass is 16.2. The zero-order valence-electron chi connectivity index (χ0n) is 29.4. The number of nitrogens with zero attached hydrogens (tertiary/aromatic N) is 6. The van der Waals surface area contributed by atoms with E-state index in [-0.39, 0.29) is 22.6 Å². The van der Waals surface area contributed by atoms with Gasteiger partial charge in [0.25, 0.3) is 0 Å². The molecule has 2 amide bonds. The van der Waals surface area contributed by atoms with Crippen molar-refractivity contribution in [2.75, 3.05) is 14.1 Å². The summed E-state index contributed by atoms with van der Waals surface area (Å²) in [5.74, 6) is -3.86. The number of benzene rings is 2. The van der Waals surface area contributed by atoms with Crippen LogP contribution in [0.5, 0.6) is 0 Å². The van der Waals surface area contributed by atoms with Gasteiger partial charge in [-0.15, -0.1) is 0 Å². The van der Waals surface area contributed by atoms with E-state index in [0.29, 0.717) is 12.8 Å². The molecule has 2 aliphatic carbocycles. The van der Waals surface area contributed by atoms with Gasteiger partial charge < -0.3 is 9.80 Å². The first-order chi connectivity index (χ1) is 23.5. The standard InChI is InChI=1S/C38H44N10O2/c1-33(2)13-25-9-7-23(27-15-41-21-42-16-27)11-29(25)35(19-33)31(49)47(5)37(39,45-35)38(40)46-36(32(50)48(38)6)20-34(3,4)14-26-10-8-24(12-30(26)36)28-17-43-22-44-18-28/h7-12,15-18,21-22,45-46H,13-14,19-20,39-40H2,1-6H3. The van der Waals surface area contributed by atoms with Gasteiger partial charge in [-0.3, -0.25) is 31.7 Å². The van der Waals surface area contributed by atoms with E-state index in [2.05, 4.69) is 70.4 Å². The molecule has 12 nitrogen and oxygen atoms in total. The molecule has 0 saturated carbocycles. The van der Waals surface area contributed by atoms with Gasteiger partial charge in [0, 0.05) is 50.0 Å². The molecule has 2 spiro atoms. The van der Waals surface area contributed by atoms with Crippen LogP contribution in [0, 0.1) is 10.8 Å². The van der Waals surface area contributed by atoms with Crippen molar-refractivity contribution < 1.29 is 9.59 Å². The van der Waals surface area contributed by atoms with Crippen LogP contribution in [-0.2, 0) is 33.5 Å². The Hall–Kier alpha value is -4.62. The number of amides is 2. The zero-order chi connectivity index (χ0) is 35.5. The van der Waals surface area contributed by atoms with Crippen LogP contribution in [0.4, 0.5) is 0 Å². The second kappa shape index (κ2) is 10.5. The van der Waals surface area contributed by atoms with Crippen molar-refractivity contribution in [1.82, 2.24) is 40.4 Å². The molecule has 2 aliphatic heterocycles. The molecule has 4 atom stereocenters. The normalized spacial score (nSPS) is 31.0. The molecule has 2 aromatic carbocycles. The SMILES string of the molecule is CN1C(=O)C2(CC(C)(C)Cc3ccc(-c4cncnc4)cc32)NC1(N)C1(N)NC2(CC(C)(C)Cc3ccc(-c4cncnc4)cc32)C(=O)N1C. The molecular weight excluding hydrogens is 628 g/mol. The Morgan fingerprint density at radius 1 is 0.600 bits per heavy atom. The summed E-state index contributed by atoms with van der Waals surface area (Å²) in [6, 6.07) is 12.3. The maximum absolute atomic E-state index is 14.9. The molecule has 258 valence electrons. The number of carbonyl (C=O) groups excluding carboxylic acids is 2. The van der Waals surface area contributed by atoms with Crippen LogP contribution in [0.3, 0.4) is 0 Å². The van der Waals surface area contributed by atoms with Gasteiger partial charge in [-0.1, -0.05) is 52.0 Å². The molecule has 2 fully saturated rings. The van der Waals surface area contributed by atoms with E-state index >= 15 is 0 Å². The van der Waals surface area contributed by atoms with Gasteiger partial charge in [0.05, 0.1) is 0 Å². The third-order valence-corrected chi connectivity index (χ3v) is 11.5. The summed E-state index contributed by atoms with van der Waals surface area (Å²) in [4.78, 5) is 49.7. The maximum Gasteiger partial charge on any atom is 0.250 e. The molecule has 2 aromatic heterocycles. The highest BCUT2D eigenvalue weighted by Gasteiger charge is 2.73. The number of rotatable bonds is 3. The lowest BCUT2D eigenvalue weighted by Gasteiger charge is -2.50. The van der Waals surface area contributed by atoms with Crippen LogP contribution in [0.15, 0.2) is 73.8 Å². The van der Waals surface area contributed by atoms with E-state index in [4.69, 9.17) is 11.5 Å². The highest BCUT2D eigenvalue weighted by molar-refractivity contribution is 5.95. The monoisotopic (exact) mass is 672 g/mol. The highest BCUT2D eigenvalue weighted by Crippen LogP contribution is 2.54. The summed E-state index contributed by atoms with van der Waals surface area (Å²) in [6.45, 7) is 8.65. The Bertz CT molecular complexity index is 1910. The van der Waals surface area contributed by atoms with Crippen LogP contribution >= 0.6 is 0 Å². The number of fused-ring (bicyclic) bond motifs is 4. The number of hydrogen-bond donors (Lipinski definition) is 4. The van der Waals surface area contributed by atoms with E-state index in [0.717, 1.165) is 57.3 Å². The van der Waals surface area contributed by atoms with Crippen molar-refractivity contribution in [3.05, 3.63) is 96.1 Å². The molecular formula is C38H44N10O2. The van der Waals surface area contributed by atoms with Crippen molar-refractivity contribution in [2.45, 2.75) is 76.0 Å². The second-order valence-electron chi connectivity index (χ2n) is 16.4. The molecule has 4 heterocycles. The fraction of sp³-hybridized carbons (Fsp3) is 0.421. The van der Waals surface area contributed by atoms with Crippen LogP contribution in [0.1, 0.15) is 62.8 Å². The Kier molecular flexibility index (Phi) is 6.81. The largest absolute Gasteiger partial charge is 0.309 e. The summed E-state index contributed by atoms with van der Waals surface area (Å²) in [7, 11) is 3.35. The average Bonchev–Trinajstić information content (AvgIpc) is 3.40. The first-order valence-electron chi connectivity index (χ1n) is 17.0. The molecule has 8 rings (SSSR count). The Morgan fingerprint density at radius 2 is 0.960 bits per heavy atom. The van der Waals surface area contributed by atoms with Crippen LogP contribution in [0.25, 0.3) is 22.3 Å². The van der Waals surface area contributed by atoms with Crippen LogP contribution < -0.4 is 22.1 Å². The van der Waals surface area contributed by atoms with Crippen molar-refractivity contribution >= 4 is 11.8 Å². The van der Waals surface area contributed by atoms with Crippen LogP contribution in [0.2, 0.25) is 0 Å². The molecule has 0 radical (unpaired) electrons. The molecule has 4 unspecified atom stereocenters. The number of hydrogen-bond acceptors (Lipinski definition) is 10. The molecule has 2 saturated heterocycles. The zero-order valence-corrected chi connectivity index (χ0v) is 29.4. The molecule has 50 heavy (non-hydrogen) atoms. The van der Waals surface area contributed by atoms with E-state index in [1.54, 1.807) is 38.9 Å². The lowest BCUT2D eigenvalue weighted by atomic mass is 9.64. The average molecular weight is 673 g/mol. The Labute approximate surface area is 292 Å². The van der Waals surface area contributed by atoms with Gasteiger partial charge in [0.15, 0.2) is 11.6 Å². The minimum absolute atomic E-state index is 0.209. The summed E-state index contributed by atoms with van der Waals surface area (Å²) in [5, 5.41) is 7.27. The van der Waals surface area contributed by atoms with E-state index in [1.165, 1.54) is 22.5 Å². The first-order valence-corrected chi connectivity index (χ1v) is 17.0. The maximum atomic E-state index is 14.9. The number of carbonyl (C=O) groups is 2. The number of aromatic nitrogens is 4.